The summed E-state index contributed by atoms with van der Waals surface area (Å²) in [4.78, 5) is 11.1. The Morgan fingerprint density at radius 3 is 2.71 bits per heavy atom. The van der Waals surface area contributed by atoms with Crippen molar-refractivity contribution in [3.05, 3.63) is 11.8 Å². The van der Waals surface area contributed by atoms with Gasteiger partial charge in [0.1, 0.15) is 0 Å². The van der Waals surface area contributed by atoms with Gasteiger partial charge in [0.2, 0.25) is 11.8 Å². The number of unbranched alkanes of at least 4 members (excludes halogenated alkanes) is 1. The molecule has 0 saturated carbocycles. The summed E-state index contributed by atoms with van der Waals surface area (Å²) in [5.41, 5.74) is 0.933. The first-order valence-corrected chi connectivity index (χ1v) is 7.04. The van der Waals surface area contributed by atoms with Crippen molar-refractivity contribution < 1.29 is 4.74 Å². The van der Waals surface area contributed by atoms with E-state index in [1.54, 1.807) is 7.11 Å². The van der Waals surface area contributed by atoms with Gasteiger partial charge >= 0.3 is 0 Å². The van der Waals surface area contributed by atoms with Gasteiger partial charge in [0.15, 0.2) is 0 Å². The molecular formula is C12H20BrN3O. The molecule has 0 radical (unpaired) electrons. The number of aromatic nitrogens is 2. The number of ether oxygens (including phenoxy) is 1. The van der Waals surface area contributed by atoms with Crippen molar-refractivity contribution >= 4 is 21.9 Å². The highest BCUT2D eigenvalue weighted by Gasteiger charge is 2.10. The van der Waals surface area contributed by atoms with Crippen molar-refractivity contribution in [1.82, 2.24) is 9.97 Å². The highest BCUT2D eigenvalue weighted by Crippen LogP contribution is 2.15. The molecular weight excluding hydrogens is 282 g/mol. The van der Waals surface area contributed by atoms with Crippen LogP contribution in [0.4, 0.5) is 5.95 Å². The molecule has 1 aromatic rings. The SMILES string of the molecule is CCCCN(CCBr)c1nc(C)cc(OC)n1. The largest absolute Gasteiger partial charge is 0.481 e. The summed E-state index contributed by atoms with van der Waals surface area (Å²) in [6, 6.07) is 1.84. The molecule has 4 nitrogen and oxygen atoms in total. The summed E-state index contributed by atoms with van der Waals surface area (Å²) in [5.74, 6) is 1.39. The molecule has 0 aliphatic rings. The van der Waals surface area contributed by atoms with Gasteiger partial charge in [0.25, 0.3) is 0 Å². The molecule has 96 valence electrons. The number of hydrogen-bond donors (Lipinski definition) is 0. The first-order valence-electron chi connectivity index (χ1n) is 5.91. The van der Waals surface area contributed by atoms with E-state index in [9.17, 15) is 0 Å². The van der Waals surface area contributed by atoms with Gasteiger partial charge in [-0.1, -0.05) is 29.3 Å². The smallest absolute Gasteiger partial charge is 0.228 e. The van der Waals surface area contributed by atoms with Crippen LogP contribution in [0.5, 0.6) is 5.88 Å². The molecule has 17 heavy (non-hydrogen) atoms. The standard InChI is InChI=1S/C12H20BrN3O/c1-4-5-7-16(8-6-13)12-14-10(2)9-11(15-12)17-3/h9H,4-8H2,1-3H3. The summed E-state index contributed by atoms with van der Waals surface area (Å²) >= 11 is 3.46. The lowest BCUT2D eigenvalue weighted by Crippen LogP contribution is -2.28. The van der Waals surface area contributed by atoms with Gasteiger partial charge in [-0.3, -0.25) is 0 Å². The number of hydrogen-bond acceptors (Lipinski definition) is 4. The minimum Gasteiger partial charge on any atom is -0.481 e. The number of alkyl halides is 1. The first kappa shape index (κ1) is 14.2. The normalized spacial score (nSPS) is 10.4. The molecule has 0 aliphatic heterocycles. The predicted octanol–water partition coefficient (Wildman–Crippen LogP) is 2.80. The van der Waals surface area contributed by atoms with E-state index in [2.05, 4.69) is 37.7 Å². The Balaban J connectivity index is 2.87. The summed E-state index contributed by atoms with van der Waals surface area (Å²) in [5, 5.41) is 0.913. The van der Waals surface area contributed by atoms with Crippen LogP contribution in [0.25, 0.3) is 0 Å². The van der Waals surface area contributed by atoms with Crippen molar-refractivity contribution in [1.29, 1.82) is 0 Å². The Morgan fingerprint density at radius 2 is 2.12 bits per heavy atom. The lowest BCUT2D eigenvalue weighted by Gasteiger charge is -2.22. The van der Waals surface area contributed by atoms with Crippen LogP contribution in [0.2, 0.25) is 0 Å². The minimum absolute atomic E-state index is 0.628. The number of rotatable bonds is 7. The quantitative estimate of drug-likeness (QED) is 0.726. The fraction of sp³-hybridized carbons (Fsp3) is 0.667. The molecule has 1 rings (SSSR count). The molecule has 0 saturated heterocycles. The molecule has 0 spiro atoms. The number of halogens is 1. The second-order valence-corrected chi connectivity index (χ2v) is 4.67. The molecule has 0 atom stereocenters. The van der Waals surface area contributed by atoms with E-state index >= 15 is 0 Å². The molecule has 1 aromatic heterocycles. The third-order valence-corrected chi connectivity index (χ3v) is 2.80. The molecule has 0 amide bonds. The Hall–Kier alpha value is -0.840. The van der Waals surface area contributed by atoms with Gasteiger partial charge in [0.05, 0.1) is 7.11 Å². The topological polar surface area (TPSA) is 38.2 Å². The van der Waals surface area contributed by atoms with E-state index in [1.807, 2.05) is 13.0 Å². The Labute approximate surface area is 112 Å². The molecule has 0 aliphatic carbocycles. The average Bonchev–Trinajstić information content (AvgIpc) is 2.33. The van der Waals surface area contributed by atoms with Gasteiger partial charge < -0.3 is 9.64 Å². The second-order valence-electron chi connectivity index (χ2n) is 3.88. The van der Waals surface area contributed by atoms with Crippen LogP contribution in [0.15, 0.2) is 6.07 Å². The average molecular weight is 302 g/mol. The van der Waals surface area contributed by atoms with Crippen molar-refractivity contribution in [2.24, 2.45) is 0 Å². The van der Waals surface area contributed by atoms with E-state index in [0.29, 0.717) is 5.88 Å². The fourth-order valence-corrected chi connectivity index (χ4v) is 1.96. The summed E-state index contributed by atoms with van der Waals surface area (Å²) in [7, 11) is 1.63. The van der Waals surface area contributed by atoms with Gasteiger partial charge in [-0.2, -0.15) is 4.98 Å². The van der Waals surface area contributed by atoms with Crippen molar-refractivity contribution in [2.75, 3.05) is 30.4 Å². The second kappa shape index (κ2) is 7.48. The first-order chi connectivity index (χ1) is 8.21. The third kappa shape index (κ3) is 4.50. The Morgan fingerprint density at radius 1 is 1.35 bits per heavy atom. The number of aryl methyl sites for hydroxylation is 1. The maximum atomic E-state index is 5.18. The molecule has 1 heterocycles. The van der Waals surface area contributed by atoms with Crippen LogP contribution < -0.4 is 9.64 Å². The van der Waals surface area contributed by atoms with E-state index in [0.717, 1.165) is 36.5 Å². The van der Waals surface area contributed by atoms with E-state index < -0.39 is 0 Å². The van der Waals surface area contributed by atoms with E-state index in [4.69, 9.17) is 4.74 Å². The molecule has 0 fully saturated rings. The lowest BCUT2D eigenvalue weighted by atomic mass is 10.3. The van der Waals surface area contributed by atoms with Gasteiger partial charge in [-0.25, -0.2) is 4.98 Å². The number of methoxy groups -OCH3 is 1. The van der Waals surface area contributed by atoms with Crippen molar-refractivity contribution in [2.45, 2.75) is 26.7 Å². The van der Waals surface area contributed by atoms with Crippen LogP contribution in [0, 0.1) is 6.92 Å². The fourth-order valence-electron chi connectivity index (χ4n) is 1.53. The molecule has 0 aromatic carbocycles. The lowest BCUT2D eigenvalue weighted by molar-refractivity contribution is 0.396. The zero-order valence-corrected chi connectivity index (χ0v) is 12.3. The van der Waals surface area contributed by atoms with Crippen LogP contribution >= 0.6 is 15.9 Å². The van der Waals surface area contributed by atoms with Gasteiger partial charge in [-0.15, -0.1) is 0 Å². The third-order valence-electron chi connectivity index (χ3n) is 2.45. The zero-order valence-electron chi connectivity index (χ0n) is 10.7. The molecule has 5 heteroatoms. The maximum absolute atomic E-state index is 5.18. The maximum Gasteiger partial charge on any atom is 0.228 e. The van der Waals surface area contributed by atoms with E-state index in [-0.39, 0.29) is 0 Å². The summed E-state index contributed by atoms with van der Waals surface area (Å²) in [6.45, 7) is 6.03. The summed E-state index contributed by atoms with van der Waals surface area (Å²) in [6.07, 6.45) is 2.31. The predicted molar refractivity (Wildman–Crippen MR) is 74.2 cm³/mol. The van der Waals surface area contributed by atoms with Crippen molar-refractivity contribution in [3.63, 3.8) is 0 Å². The molecule has 0 bridgehead atoms. The number of anilines is 1. The highest BCUT2D eigenvalue weighted by molar-refractivity contribution is 9.09. The Bertz CT molecular complexity index is 347. The molecule has 0 unspecified atom stereocenters. The van der Waals surface area contributed by atoms with Crippen LogP contribution in [-0.4, -0.2) is 35.5 Å². The summed E-state index contributed by atoms with van der Waals surface area (Å²) < 4.78 is 5.18. The van der Waals surface area contributed by atoms with Crippen molar-refractivity contribution in [3.8, 4) is 5.88 Å². The van der Waals surface area contributed by atoms with E-state index in [1.165, 1.54) is 6.42 Å². The van der Waals surface area contributed by atoms with Gasteiger partial charge in [-0.05, 0) is 13.3 Å². The van der Waals surface area contributed by atoms with Crippen LogP contribution in [-0.2, 0) is 0 Å². The molecule has 0 N–H and O–H groups in total. The monoisotopic (exact) mass is 301 g/mol. The highest BCUT2D eigenvalue weighted by atomic mass is 79.9. The van der Waals surface area contributed by atoms with Gasteiger partial charge in [0, 0.05) is 30.2 Å². The number of nitrogens with zero attached hydrogens (tertiary/aromatic N) is 3. The van der Waals surface area contributed by atoms with Crippen LogP contribution in [0.3, 0.4) is 0 Å². The Kier molecular flexibility index (Phi) is 6.26. The van der Waals surface area contributed by atoms with Crippen LogP contribution in [0.1, 0.15) is 25.5 Å². The zero-order chi connectivity index (χ0) is 12.7. The minimum atomic E-state index is 0.628.